The minimum Gasteiger partial charge on any atom is -0.497 e. The molecule has 0 aromatic heterocycles. The fraction of sp³-hybridized carbons (Fsp3) is 0.462. The van der Waals surface area contributed by atoms with Gasteiger partial charge in [0.1, 0.15) is 42.5 Å². The van der Waals surface area contributed by atoms with Crippen molar-refractivity contribution >= 4 is 41.2 Å². The number of benzene rings is 7. The summed E-state index contributed by atoms with van der Waals surface area (Å²) in [5, 5.41) is 15.9. The maximum atomic E-state index is 15.0. The maximum absolute atomic E-state index is 15.0. The summed E-state index contributed by atoms with van der Waals surface area (Å²) in [4.78, 5) is 81.7. The lowest BCUT2D eigenvalue weighted by Gasteiger charge is -2.49. The normalized spacial score (nSPS) is 19.8. The van der Waals surface area contributed by atoms with Crippen molar-refractivity contribution < 1.29 is 52.4 Å². The molecule has 0 spiro atoms. The minimum absolute atomic E-state index is 0.0609. The van der Waals surface area contributed by atoms with Crippen LogP contribution in [0.4, 0.5) is 16.2 Å². The second-order valence-electron chi connectivity index (χ2n) is 31.1. The molecule has 9 unspecified atom stereocenters. The first kappa shape index (κ1) is 81.1. The van der Waals surface area contributed by atoms with Crippen molar-refractivity contribution in [3.63, 3.8) is 0 Å². The van der Waals surface area contributed by atoms with Crippen LogP contribution in [0, 0.1) is 45.3 Å². The largest absolute Gasteiger partial charge is 0.514 e. The molecule has 3 aliphatic rings. The lowest BCUT2D eigenvalue weighted by atomic mass is 9.56. The monoisotopic (exact) mass is 1470 g/mol. The summed E-state index contributed by atoms with van der Waals surface area (Å²) in [6, 6.07) is 56.2. The number of nitrogens with zero attached hydrogens (tertiary/aromatic N) is 1. The van der Waals surface area contributed by atoms with E-state index in [1.54, 1.807) is 36.9 Å². The van der Waals surface area contributed by atoms with Gasteiger partial charge in [-0.05, 0) is 200 Å². The van der Waals surface area contributed by atoms with Crippen LogP contribution in [0.3, 0.4) is 0 Å². The first-order valence-corrected chi connectivity index (χ1v) is 39.4. The van der Waals surface area contributed by atoms with E-state index in [-0.39, 0.29) is 55.5 Å². The van der Waals surface area contributed by atoms with Crippen LogP contribution in [0.15, 0.2) is 200 Å². The van der Waals surface area contributed by atoms with Crippen molar-refractivity contribution in [2.24, 2.45) is 40.4 Å². The van der Waals surface area contributed by atoms with Gasteiger partial charge in [0.2, 0.25) is 23.6 Å². The maximum Gasteiger partial charge on any atom is 0.514 e. The second-order valence-corrected chi connectivity index (χ2v) is 31.1. The molecule has 108 heavy (non-hydrogen) atoms. The zero-order chi connectivity index (χ0) is 76.5. The van der Waals surface area contributed by atoms with E-state index in [1.807, 2.05) is 103 Å². The summed E-state index contributed by atoms with van der Waals surface area (Å²) >= 11 is 0. The number of methoxy groups -OCH3 is 1. The van der Waals surface area contributed by atoms with Gasteiger partial charge in [-0.3, -0.25) is 24.5 Å². The molecule has 7 aromatic rings. The number of carbonyl (C=O) groups is 5. The lowest BCUT2D eigenvalue weighted by Crippen LogP contribution is -2.53. The molecule has 5 N–H and O–H groups in total. The van der Waals surface area contributed by atoms with Gasteiger partial charge in [0.25, 0.3) is 5.69 Å². The molecule has 4 amide bonds. The van der Waals surface area contributed by atoms with Crippen molar-refractivity contribution in [1.29, 1.82) is 0 Å². The average Bonchev–Trinajstić information content (AvgIpc) is 1.41. The Kier molecular flexibility index (Phi) is 29.7. The second kappa shape index (κ2) is 39.6. The van der Waals surface area contributed by atoms with Gasteiger partial charge in [-0.2, -0.15) is 0 Å². The van der Waals surface area contributed by atoms with Crippen LogP contribution < -0.4 is 40.8 Å². The number of fused-ring (bicyclic) bond motifs is 1. The van der Waals surface area contributed by atoms with Crippen LogP contribution in [0.25, 0.3) is 0 Å². The molecule has 7 aromatic carbocycles. The van der Waals surface area contributed by atoms with Gasteiger partial charge in [-0.1, -0.05) is 206 Å². The van der Waals surface area contributed by atoms with E-state index in [9.17, 15) is 24.1 Å². The Morgan fingerprint density at radius 1 is 0.611 bits per heavy atom. The standard InChI is InChI=1S/C91H114N6O11/c1-9-90(6)80(65(4)24-21-23-64(2)3)50-51-81(90)69-36-37-73-60-79(54-55-89(73,5)61-69)105-58-22-56-92-84(98)52-53-85(99)95-83(59-66-34-44-77(45-35-66)106-62-67-25-13-10-14-26-67)87(101)96-82(86(100)94-74-40-32-68(33-41-74)63-107-88(102)108-78-48-42-75(43-49-78)97(7)103)31-19-20-57-93-91(70-27-15-11-16-28-70,71-29-17-12-18-30-71)72-38-46-76(104-8)47-39-72/h10-18,25-30,32-35,37-49,64-65,69,79-83,93H,9,19-24,31,36,50-63H2,1-8H3,(H3-,92,94,95,96,98,99,100,101)/p+1. The van der Waals surface area contributed by atoms with Crippen LogP contribution in [-0.4, -0.2) is 86.6 Å². The molecule has 17 nitrogen and oxygen atoms in total. The smallest absolute Gasteiger partial charge is 0.497 e. The molecule has 3 aliphatic carbocycles. The van der Waals surface area contributed by atoms with Gasteiger partial charge in [-0.15, -0.1) is 0 Å². The number of anilines is 1. The minimum atomic E-state index is -1.16. The van der Waals surface area contributed by atoms with E-state index < -0.39 is 41.5 Å². The quantitative estimate of drug-likeness (QED) is 0.00608. The van der Waals surface area contributed by atoms with Crippen molar-refractivity contribution in [3.8, 4) is 17.2 Å². The molecule has 2 saturated carbocycles. The number of nitrogens with one attached hydrogen (secondary N) is 5. The Morgan fingerprint density at radius 3 is 1.90 bits per heavy atom. The number of amides is 4. The molecule has 17 heteroatoms. The number of nitroso groups, excluding NO2 is 1. The van der Waals surface area contributed by atoms with Gasteiger partial charge in [-0.25, -0.2) is 4.79 Å². The average molecular weight is 1470 g/mol. The molecular weight excluding hydrogens is 1350 g/mol. The summed E-state index contributed by atoms with van der Waals surface area (Å²) in [6.45, 7) is 16.5. The molecule has 9 atom stereocenters. The third-order valence-electron chi connectivity index (χ3n) is 23.3. The fourth-order valence-corrected chi connectivity index (χ4v) is 17.0. The fourth-order valence-electron chi connectivity index (χ4n) is 17.0. The summed E-state index contributed by atoms with van der Waals surface area (Å²) in [5.74, 6) is 3.57. The van der Waals surface area contributed by atoms with Gasteiger partial charge in [0.15, 0.2) is 7.05 Å². The van der Waals surface area contributed by atoms with Crippen molar-refractivity contribution in [3.05, 3.63) is 238 Å². The Balaban J connectivity index is 0.773. The number of rotatable bonds is 39. The van der Waals surface area contributed by atoms with Gasteiger partial charge < -0.3 is 45.0 Å². The molecule has 0 bridgehead atoms. The Hall–Kier alpha value is -9.45. The summed E-state index contributed by atoms with van der Waals surface area (Å²) in [6.07, 6.45) is 17.1. The van der Waals surface area contributed by atoms with Gasteiger partial charge in [0.05, 0.1) is 18.8 Å². The van der Waals surface area contributed by atoms with E-state index in [0.717, 1.165) is 82.4 Å². The van der Waals surface area contributed by atoms with E-state index in [2.05, 4.69) is 111 Å². The van der Waals surface area contributed by atoms with E-state index in [1.165, 1.54) is 82.7 Å². The zero-order valence-electron chi connectivity index (χ0n) is 64.8. The number of unbranched alkanes of at least 4 members (excludes halogenated alkanes) is 1. The Bertz CT molecular complexity index is 4010. The van der Waals surface area contributed by atoms with E-state index in [4.69, 9.17) is 23.7 Å². The van der Waals surface area contributed by atoms with Crippen molar-refractivity contribution in [2.45, 2.75) is 194 Å². The zero-order valence-corrected chi connectivity index (χ0v) is 64.8. The van der Waals surface area contributed by atoms with E-state index in [0.29, 0.717) is 78.4 Å². The molecule has 10 rings (SSSR count). The molecule has 2 fully saturated rings. The predicted octanol–water partition coefficient (Wildman–Crippen LogP) is 18.0. The highest BCUT2D eigenvalue weighted by Crippen LogP contribution is 2.61. The number of ether oxygens (including phenoxy) is 5. The summed E-state index contributed by atoms with van der Waals surface area (Å²) < 4.78 is 29.6. The number of carbonyl (C=O) groups excluding carboxylic acids is 5. The highest BCUT2D eigenvalue weighted by Gasteiger charge is 2.52. The van der Waals surface area contributed by atoms with E-state index >= 15 is 4.79 Å². The van der Waals surface area contributed by atoms with Crippen LogP contribution in [0.1, 0.15) is 184 Å². The predicted molar refractivity (Wildman–Crippen MR) is 426 cm³/mol. The third-order valence-corrected chi connectivity index (χ3v) is 23.3. The van der Waals surface area contributed by atoms with Crippen LogP contribution >= 0.6 is 0 Å². The third kappa shape index (κ3) is 22.4. The van der Waals surface area contributed by atoms with Crippen molar-refractivity contribution in [1.82, 2.24) is 21.3 Å². The molecule has 574 valence electrons. The molecule has 0 saturated heterocycles. The number of allylic oxidation sites excluding steroid dienone is 1. The molecule has 0 aliphatic heterocycles. The highest BCUT2D eigenvalue weighted by molar-refractivity contribution is 5.98. The number of hydrogen-bond donors (Lipinski definition) is 5. The Labute approximate surface area is 640 Å². The summed E-state index contributed by atoms with van der Waals surface area (Å²) in [7, 11) is 3.01. The van der Waals surface area contributed by atoms with Gasteiger partial charge >= 0.3 is 6.16 Å². The summed E-state index contributed by atoms with van der Waals surface area (Å²) in [5.41, 5.74) is 7.61. The van der Waals surface area contributed by atoms with Crippen LogP contribution in [0.2, 0.25) is 0 Å². The lowest BCUT2D eigenvalue weighted by molar-refractivity contribution is -0.428. The van der Waals surface area contributed by atoms with Crippen molar-refractivity contribution in [2.75, 3.05) is 39.2 Å². The number of hydrogen-bond acceptors (Lipinski definition) is 12. The SMILES string of the molecule is CCC1(C)C(C(C)CCCC(C)C)CCC1C1CC=C2CC(OCCCNC(=O)CCC(=O)NC(Cc3ccc(OCc4ccccc4)cc3)C(=O)NC(CCCCNC(c3ccccc3)(c3ccccc3)c3ccc(OC)cc3)C(=O)Nc3ccc(COC(=O)Oc4ccc([N+](C)=O)cc4)cc3)CCC2(C)C1. The van der Waals surface area contributed by atoms with Crippen LogP contribution in [0.5, 0.6) is 17.2 Å². The molecular formula is C91H115N6O11+. The van der Waals surface area contributed by atoms with Gasteiger partial charge in [0, 0.05) is 59.9 Å². The molecule has 0 heterocycles. The first-order valence-electron chi connectivity index (χ1n) is 39.4. The van der Waals surface area contributed by atoms with Crippen LogP contribution in [-0.2, 0) is 53.8 Å². The first-order chi connectivity index (χ1) is 52.2. The topological polar surface area (TPSA) is 212 Å². The highest BCUT2D eigenvalue weighted by atomic mass is 16.7. The Morgan fingerprint density at radius 2 is 1.24 bits per heavy atom. The molecule has 0 radical (unpaired) electrons.